The summed E-state index contributed by atoms with van der Waals surface area (Å²) in [5.74, 6) is 1.10. The second-order valence-corrected chi connectivity index (χ2v) is 6.92. The predicted octanol–water partition coefficient (Wildman–Crippen LogP) is 2.55. The molecule has 1 atom stereocenters. The Kier molecular flexibility index (Phi) is 3.20. The first kappa shape index (κ1) is 12.0. The van der Waals surface area contributed by atoms with E-state index in [1.54, 1.807) is 0 Å². The Bertz CT molecular complexity index is 260. The van der Waals surface area contributed by atoms with E-state index in [-0.39, 0.29) is 0 Å². The summed E-state index contributed by atoms with van der Waals surface area (Å²) in [7, 11) is 0. The van der Waals surface area contributed by atoms with Crippen molar-refractivity contribution in [2.24, 2.45) is 16.7 Å². The van der Waals surface area contributed by atoms with E-state index in [2.05, 4.69) is 17.6 Å². The van der Waals surface area contributed by atoms with Crippen LogP contribution < -0.4 is 10.6 Å². The molecule has 0 spiro atoms. The molecule has 0 bridgehead atoms. The Balaban J connectivity index is 1.45. The molecule has 2 heteroatoms. The summed E-state index contributed by atoms with van der Waals surface area (Å²) < 4.78 is 0. The van der Waals surface area contributed by atoms with E-state index in [0.29, 0.717) is 5.41 Å². The van der Waals surface area contributed by atoms with Crippen LogP contribution in [0.25, 0.3) is 0 Å². The highest BCUT2D eigenvalue weighted by molar-refractivity contribution is 5.05. The summed E-state index contributed by atoms with van der Waals surface area (Å²) in [4.78, 5) is 0. The van der Waals surface area contributed by atoms with E-state index in [0.717, 1.165) is 11.3 Å². The molecule has 3 rings (SSSR count). The molecule has 2 aliphatic carbocycles. The van der Waals surface area contributed by atoms with E-state index >= 15 is 0 Å². The number of hydrogen-bond donors (Lipinski definition) is 2. The van der Waals surface area contributed by atoms with Crippen LogP contribution in [0.1, 0.15) is 51.9 Å². The lowest BCUT2D eigenvalue weighted by Gasteiger charge is -2.29. The van der Waals surface area contributed by atoms with Crippen molar-refractivity contribution >= 4 is 0 Å². The summed E-state index contributed by atoms with van der Waals surface area (Å²) in [6.45, 7) is 7.36. The molecule has 0 aromatic carbocycles. The molecule has 0 amide bonds. The quantitative estimate of drug-likeness (QED) is 0.710. The van der Waals surface area contributed by atoms with Gasteiger partial charge < -0.3 is 10.6 Å². The zero-order valence-electron chi connectivity index (χ0n) is 11.4. The van der Waals surface area contributed by atoms with Crippen LogP contribution in [0.3, 0.4) is 0 Å². The Morgan fingerprint density at radius 1 is 1.18 bits per heavy atom. The van der Waals surface area contributed by atoms with Crippen molar-refractivity contribution < 1.29 is 0 Å². The van der Waals surface area contributed by atoms with Gasteiger partial charge in [0.2, 0.25) is 0 Å². The van der Waals surface area contributed by atoms with Crippen LogP contribution >= 0.6 is 0 Å². The van der Waals surface area contributed by atoms with Crippen LogP contribution in [-0.2, 0) is 0 Å². The van der Waals surface area contributed by atoms with Gasteiger partial charge in [-0.2, -0.15) is 0 Å². The second kappa shape index (κ2) is 4.55. The van der Waals surface area contributed by atoms with Gasteiger partial charge in [0.15, 0.2) is 0 Å². The minimum absolute atomic E-state index is 0.578. The van der Waals surface area contributed by atoms with Gasteiger partial charge in [-0.3, -0.25) is 0 Å². The smallest absolute Gasteiger partial charge is 0.00207 e. The van der Waals surface area contributed by atoms with Crippen LogP contribution in [0.15, 0.2) is 0 Å². The fourth-order valence-electron chi connectivity index (χ4n) is 3.94. The molecule has 1 heterocycles. The number of hydrogen-bond acceptors (Lipinski definition) is 2. The van der Waals surface area contributed by atoms with Gasteiger partial charge in [0.05, 0.1) is 0 Å². The molecule has 0 aromatic heterocycles. The molecule has 1 saturated heterocycles. The van der Waals surface area contributed by atoms with Gasteiger partial charge in [-0.15, -0.1) is 0 Å². The SMILES string of the molecule is CCCC1(CNCC2(C3CC3)CC2)CCNC1. The van der Waals surface area contributed by atoms with Gasteiger partial charge in [-0.1, -0.05) is 13.3 Å². The Labute approximate surface area is 106 Å². The van der Waals surface area contributed by atoms with Gasteiger partial charge in [0, 0.05) is 19.6 Å². The molecule has 3 fully saturated rings. The highest BCUT2D eigenvalue weighted by Crippen LogP contribution is 2.60. The molecule has 98 valence electrons. The average molecular weight is 236 g/mol. The molecule has 0 aromatic rings. The summed E-state index contributed by atoms with van der Waals surface area (Å²) in [6.07, 6.45) is 10.1. The molecule has 2 N–H and O–H groups in total. The van der Waals surface area contributed by atoms with Gasteiger partial charge in [-0.25, -0.2) is 0 Å². The lowest BCUT2D eigenvalue weighted by molar-refractivity contribution is 0.261. The van der Waals surface area contributed by atoms with E-state index in [4.69, 9.17) is 0 Å². The third kappa shape index (κ3) is 2.53. The molecule has 1 unspecified atom stereocenters. The van der Waals surface area contributed by atoms with Gasteiger partial charge in [0.25, 0.3) is 0 Å². The largest absolute Gasteiger partial charge is 0.316 e. The van der Waals surface area contributed by atoms with Crippen molar-refractivity contribution in [2.75, 3.05) is 26.2 Å². The summed E-state index contributed by atoms with van der Waals surface area (Å²) in [5, 5.41) is 7.39. The lowest BCUT2D eigenvalue weighted by Crippen LogP contribution is -2.39. The van der Waals surface area contributed by atoms with E-state index in [1.165, 1.54) is 71.1 Å². The fourth-order valence-corrected chi connectivity index (χ4v) is 3.94. The van der Waals surface area contributed by atoms with Crippen molar-refractivity contribution in [1.29, 1.82) is 0 Å². The van der Waals surface area contributed by atoms with Crippen molar-refractivity contribution in [3.05, 3.63) is 0 Å². The monoisotopic (exact) mass is 236 g/mol. The molecule has 1 aliphatic heterocycles. The highest BCUT2D eigenvalue weighted by atomic mass is 15.0. The summed E-state index contributed by atoms with van der Waals surface area (Å²) in [6, 6.07) is 0. The van der Waals surface area contributed by atoms with Crippen LogP contribution in [0.5, 0.6) is 0 Å². The first-order chi connectivity index (χ1) is 8.29. The van der Waals surface area contributed by atoms with Crippen LogP contribution in [0, 0.1) is 16.7 Å². The highest BCUT2D eigenvalue weighted by Gasteiger charge is 2.53. The van der Waals surface area contributed by atoms with Crippen LogP contribution in [-0.4, -0.2) is 26.2 Å². The standard InChI is InChI=1S/C15H28N2/c1-2-5-14(8-9-16-10-14)11-17-12-15(6-7-15)13-3-4-13/h13,16-17H,2-12H2,1H3. The maximum absolute atomic E-state index is 3.84. The lowest BCUT2D eigenvalue weighted by atomic mass is 9.82. The fraction of sp³-hybridized carbons (Fsp3) is 1.00. The topological polar surface area (TPSA) is 24.1 Å². The van der Waals surface area contributed by atoms with Crippen molar-refractivity contribution in [3.8, 4) is 0 Å². The molecular weight excluding hydrogens is 208 g/mol. The normalized spacial score (nSPS) is 35.1. The molecular formula is C15H28N2. The summed E-state index contributed by atoms with van der Waals surface area (Å²) in [5.41, 5.74) is 1.34. The molecule has 3 aliphatic rings. The zero-order valence-corrected chi connectivity index (χ0v) is 11.4. The maximum Gasteiger partial charge on any atom is 0.00207 e. The van der Waals surface area contributed by atoms with Crippen molar-refractivity contribution in [3.63, 3.8) is 0 Å². The molecule has 17 heavy (non-hydrogen) atoms. The second-order valence-electron chi connectivity index (χ2n) is 6.92. The van der Waals surface area contributed by atoms with Crippen molar-refractivity contribution in [2.45, 2.75) is 51.9 Å². The van der Waals surface area contributed by atoms with E-state index < -0.39 is 0 Å². The maximum atomic E-state index is 3.84. The minimum Gasteiger partial charge on any atom is -0.316 e. The summed E-state index contributed by atoms with van der Waals surface area (Å²) >= 11 is 0. The first-order valence-corrected chi connectivity index (χ1v) is 7.70. The van der Waals surface area contributed by atoms with Gasteiger partial charge in [-0.05, 0) is 61.8 Å². The number of nitrogens with one attached hydrogen (secondary N) is 2. The van der Waals surface area contributed by atoms with Crippen molar-refractivity contribution in [1.82, 2.24) is 10.6 Å². The predicted molar refractivity (Wildman–Crippen MR) is 72.1 cm³/mol. The Hall–Kier alpha value is -0.0800. The molecule has 2 nitrogen and oxygen atoms in total. The minimum atomic E-state index is 0.578. The van der Waals surface area contributed by atoms with Gasteiger partial charge in [0.1, 0.15) is 0 Å². The average Bonchev–Trinajstić information content (AvgIpc) is 3.20. The molecule has 0 radical (unpaired) electrons. The zero-order chi connectivity index (χ0) is 11.8. The number of rotatable bonds is 7. The van der Waals surface area contributed by atoms with Gasteiger partial charge >= 0.3 is 0 Å². The Morgan fingerprint density at radius 2 is 2.00 bits per heavy atom. The Morgan fingerprint density at radius 3 is 2.53 bits per heavy atom. The third-order valence-corrected chi connectivity index (χ3v) is 5.43. The van der Waals surface area contributed by atoms with E-state index in [1.807, 2.05) is 0 Å². The van der Waals surface area contributed by atoms with Crippen LogP contribution in [0.4, 0.5) is 0 Å². The first-order valence-electron chi connectivity index (χ1n) is 7.70. The van der Waals surface area contributed by atoms with E-state index in [9.17, 15) is 0 Å². The van der Waals surface area contributed by atoms with Crippen LogP contribution in [0.2, 0.25) is 0 Å². The molecule has 2 saturated carbocycles. The third-order valence-electron chi connectivity index (χ3n) is 5.43.